The van der Waals surface area contributed by atoms with Crippen LogP contribution in [0.5, 0.6) is 0 Å². The molecule has 5 atom stereocenters. The Kier molecular flexibility index (Phi) is 12.2. The van der Waals surface area contributed by atoms with Gasteiger partial charge in [-0.25, -0.2) is 0 Å². The van der Waals surface area contributed by atoms with Crippen molar-refractivity contribution in [1.82, 2.24) is 5.32 Å². The second-order valence-electron chi connectivity index (χ2n) is 10.0. The van der Waals surface area contributed by atoms with Crippen LogP contribution in [0.25, 0.3) is 0 Å². The van der Waals surface area contributed by atoms with Gasteiger partial charge in [0.25, 0.3) is 0 Å². The van der Waals surface area contributed by atoms with E-state index in [1.165, 1.54) is 20.8 Å². The SMILES string of the molecule is CCC(C)(CC(C)(CC(C)C#N)C(=O)OCCNCC(F)(F)F)C(=O)OC(C)CC(C)(O)C(F)(F)F. The van der Waals surface area contributed by atoms with Crippen molar-refractivity contribution in [3.8, 4) is 6.07 Å². The van der Waals surface area contributed by atoms with Crippen molar-refractivity contribution in [1.29, 1.82) is 5.26 Å². The zero-order valence-electron chi connectivity index (χ0n) is 21.4. The molecule has 36 heavy (non-hydrogen) atoms. The first-order chi connectivity index (χ1) is 16.1. The van der Waals surface area contributed by atoms with Crippen molar-refractivity contribution in [3.63, 3.8) is 0 Å². The molecule has 0 heterocycles. The first kappa shape index (κ1) is 33.9. The van der Waals surface area contributed by atoms with E-state index in [2.05, 4.69) is 5.32 Å². The van der Waals surface area contributed by atoms with Crippen molar-refractivity contribution in [2.24, 2.45) is 16.7 Å². The van der Waals surface area contributed by atoms with Crippen molar-refractivity contribution in [3.05, 3.63) is 0 Å². The zero-order valence-corrected chi connectivity index (χ0v) is 21.4. The summed E-state index contributed by atoms with van der Waals surface area (Å²) in [5, 5.41) is 21.0. The highest BCUT2D eigenvalue weighted by Gasteiger charge is 2.51. The average molecular weight is 535 g/mol. The van der Waals surface area contributed by atoms with E-state index in [-0.39, 0.29) is 32.4 Å². The summed E-state index contributed by atoms with van der Waals surface area (Å²) in [4.78, 5) is 25.9. The maximum Gasteiger partial charge on any atom is 0.417 e. The average Bonchev–Trinajstić information content (AvgIpc) is 2.70. The molecular weight excluding hydrogens is 498 g/mol. The van der Waals surface area contributed by atoms with Crippen LogP contribution in [0.3, 0.4) is 0 Å². The van der Waals surface area contributed by atoms with Crippen molar-refractivity contribution < 1.29 is 50.5 Å². The molecule has 7 nitrogen and oxygen atoms in total. The summed E-state index contributed by atoms with van der Waals surface area (Å²) in [5.74, 6) is -2.38. The Morgan fingerprint density at radius 2 is 1.56 bits per heavy atom. The van der Waals surface area contributed by atoms with E-state index < -0.39 is 65.7 Å². The largest absolute Gasteiger partial charge is 0.464 e. The Balaban J connectivity index is 5.53. The molecule has 0 aromatic rings. The molecule has 0 saturated heterocycles. The number of aliphatic hydroxyl groups is 1. The number of nitrogens with zero attached hydrogens (tertiary/aromatic N) is 1. The van der Waals surface area contributed by atoms with Gasteiger partial charge in [-0.1, -0.05) is 6.92 Å². The predicted molar refractivity (Wildman–Crippen MR) is 117 cm³/mol. The van der Waals surface area contributed by atoms with Crippen LogP contribution in [0.2, 0.25) is 0 Å². The van der Waals surface area contributed by atoms with Crippen LogP contribution in [-0.2, 0) is 19.1 Å². The number of carbonyl (C=O) groups is 2. The Hall–Kier alpha value is -2.07. The van der Waals surface area contributed by atoms with Gasteiger partial charge < -0.3 is 19.9 Å². The van der Waals surface area contributed by atoms with E-state index in [1.807, 2.05) is 6.07 Å². The third kappa shape index (κ3) is 10.9. The number of nitriles is 1. The van der Waals surface area contributed by atoms with Crippen molar-refractivity contribution in [2.45, 2.75) is 91.3 Å². The number of carbonyl (C=O) groups excluding carboxylic acids is 2. The fourth-order valence-electron chi connectivity index (χ4n) is 3.81. The summed E-state index contributed by atoms with van der Waals surface area (Å²) in [6, 6.07) is 1.98. The van der Waals surface area contributed by atoms with Gasteiger partial charge in [-0.2, -0.15) is 31.6 Å². The summed E-state index contributed by atoms with van der Waals surface area (Å²) in [6.45, 7) is 5.89. The minimum Gasteiger partial charge on any atom is -0.464 e. The van der Waals surface area contributed by atoms with Gasteiger partial charge in [0.2, 0.25) is 0 Å². The highest BCUT2D eigenvalue weighted by Crippen LogP contribution is 2.43. The van der Waals surface area contributed by atoms with Crippen LogP contribution in [0.4, 0.5) is 26.3 Å². The Bertz CT molecular complexity index is 780. The number of halogens is 6. The fraction of sp³-hybridized carbons (Fsp3) is 0.870. The lowest BCUT2D eigenvalue weighted by Gasteiger charge is -2.37. The molecule has 0 aliphatic heterocycles. The van der Waals surface area contributed by atoms with Gasteiger partial charge in [0, 0.05) is 18.9 Å². The monoisotopic (exact) mass is 534 g/mol. The van der Waals surface area contributed by atoms with Crippen LogP contribution >= 0.6 is 0 Å². The zero-order chi connectivity index (χ0) is 28.6. The van der Waals surface area contributed by atoms with E-state index in [4.69, 9.17) is 9.47 Å². The fourth-order valence-corrected chi connectivity index (χ4v) is 3.81. The van der Waals surface area contributed by atoms with Crippen LogP contribution in [0.1, 0.15) is 67.2 Å². The second kappa shape index (κ2) is 12.9. The van der Waals surface area contributed by atoms with E-state index in [9.17, 15) is 46.3 Å². The van der Waals surface area contributed by atoms with Crippen molar-refractivity contribution in [2.75, 3.05) is 19.7 Å². The van der Waals surface area contributed by atoms with Gasteiger partial charge in [0.1, 0.15) is 12.7 Å². The molecular formula is C23H36F6N2O5. The molecule has 0 fully saturated rings. The maximum absolute atomic E-state index is 13.0. The van der Waals surface area contributed by atoms with E-state index in [0.29, 0.717) is 6.92 Å². The molecule has 0 amide bonds. The summed E-state index contributed by atoms with van der Waals surface area (Å²) in [7, 11) is 0. The van der Waals surface area contributed by atoms with Gasteiger partial charge in [-0.05, 0) is 53.9 Å². The van der Waals surface area contributed by atoms with E-state index in [0.717, 1.165) is 0 Å². The topological polar surface area (TPSA) is 109 Å². The molecule has 2 N–H and O–H groups in total. The Morgan fingerprint density at radius 1 is 1.00 bits per heavy atom. The first-order valence-corrected chi connectivity index (χ1v) is 11.5. The van der Waals surface area contributed by atoms with Crippen LogP contribution in [0, 0.1) is 28.1 Å². The molecule has 0 bridgehead atoms. The molecule has 0 aromatic carbocycles. The number of alkyl halides is 6. The number of nitrogens with one attached hydrogen (secondary N) is 1. The number of esters is 2. The van der Waals surface area contributed by atoms with Crippen LogP contribution in [0.15, 0.2) is 0 Å². The molecule has 210 valence electrons. The lowest BCUT2D eigenvalue weighted by molar-refractivity contribution is -0.261. The summed E-state index contributed by atoms with van der Waals surface area (Å²) in [6.07, 6.45) is -11.7. The highest BCUT2D eigenvalue weighted by molar-refractivity contribution is 5.80. The maximum atomic E-state index is 13.0. The third-order valence-corrected chi connectivity index (χ3v) is 5.96. The third-order valence-electron chi connectivity index (χ3n) is 5.96. The lowest BCUT2D eigenvalue weighted by Crippen LogP contribution is -2.46. The minimum atomic E-state index is -4.94. The molecule has 5 unspecified atom stereocenters. The Labute approximate surface area is 207 Å². The number of hydrogen-bond acceptors (Lipinski definition) is 7. The molecule has 0 radical (unpaired) electrons. The predicted octanol–water partition coefficient (Wildman–Crippen LogP) is 4.68. The Morgan fingerprint density at radius 3 is 2.00 bits per heavy atom. The molecule has 0 rings (SSSR count). The van der Waals surface area contributed by atoms with Gasteiger partial charge in [0.15, 0.2) is 5.60 Å². The summed E-state index contributed by atoms with van der Waals surface area (Å²) < 4.78 is 86.0. The molecule has 0 aliphatic rings. The number of ether oxygens (including phenoxy) is 2. The van der Waals surface area contributed by atoms with Gasteiger partial charge in [-0.15, -0.1) is 0 Å². The van der Waals surface area contributed by atoms with Crippen LogP contribution in [-0.4, -0.2) is 60.8 Å². The number of hydrogen-bond donors (Lipinski definition) is 2. The second-order valence-corrected chi connectivity index (χ2v) is 10.0. The lowest BCUT2D eigenvalue weighted by atomic mass is 9.68. The standard InChI is InChI=1S/C23H36F6N2O5/c1-7-19(4,18(33)36-16(3)11-21(6,34)23(27,28)29)13-20(5,10-15(2)12-30)17(32)35-9-8-31-14-22(24,25)26/h15-16,31,34H,7-11,13-14H2,1-6H3. The number of rotatable bonds is 14. The van der Waals surface area contributed by atoms with E-state index in [1.54, 1.807) is 13.8 Å². The first-order valence-electron chi connectivity index (χ1n) is 11.5. The summed E-state index contributed by atoms with van der Waals surface area (Å²) in [5.41, 5.74) is -5.89. The summed E-state index contributed by atoms with van der Waals surface area (Å²) >= 11 is 0. The quantitative estimate of drug-likeness (QED) is 0.189. The minimum absolute atomic E-state index is 0.0421. The molecule has 0 saturated carbocycles. The highest BCUT2D eigenvalue weighted by atomic mass is 19.4. The van der Waals surface area contributed by atoms with E-state index >= 15 is 0 Å². The van der Waals surface area contributed by atoms with Gasteiger partial charge >= 0.3 is 24.3 Å². The van der Waals surface area contributed by atoms with Gasteiger partial charge in [0.05, 0.1) is 23.4 Å². The molecule has 0 spiro atoms. The molecule has 0 aromatic heterocycles. The van der Waals surface area contributed by atoms with Crippen molar-refractivity contribution >= 4 is 11.9 Å². The van der Waals surface area contributed by atoms with Gasteiger partial charge in [-0.3, -0.25) is 9.59 Å². The molecule has 13 heteroatoms. The van der Waals surface area contributed by atoms with Crippen LogP contribution < -0.4 is 5.32 Å². The smallest absolute Gasteiger partial charge is 0.417 e. The molecule has 0 aliphatic carbocycles. The normalized spacial score (nSPS) is 19.1.